The van der Waals surface area contributed by atoms with E-state index in [9.17, 15) is 8.78 Å². The zero-order valence-electron chi connectivity index (χ0n) is 12.8. The fourth-order valence-corrected chi connectivity index (χ4v) is 2.38. The number of halogens is 4. The average molecular weight is 357 g/mol. The second-order valence-corrected chi connectivity index (χ2v) is 5.95. The molecule has 0 amide bonds. The van der Waals surface area contributed by atoms with Gasteiger partial charge in [-0.15, -0.1) is 0 Å². The van der Waals surface area contributed by atoms with Crippen LogP contribution in [0.15, 0.2) is 35.3 Å². The molecule has 0 heterocycles. The van der Waals surface area contributed by atoms with Crippen molar-refractivity contribution >= 4 is 35.2 Å². The van der Waals surface area contributed by atoms with Gasteiger partial charge in [-0.25, -0.2) is 13.8 Å². The number of aliphatic imine (C=N–C) groups is 1. The van der Waals surface area contributed by atoms with Crippen molar-refractivity contribution in [3.63, 3.8) is 0 Å². The molecule has 0 spiro atoms. The van der Waals surface area contributed by atoms with Crippen LogP contribution in [0.4, 0.5) is 14.5 Å². The monoisotopic (exact) mass is 356 g/mol. The van der Waals surface area contributed by atoms with E-state index < -0.39 is 11.6 Å². The number of hydrogen-bond donors (Lipinski definition) is 0. The topological polar surface area (TPSA) is 15.6 Å². The second kappa shape index (κ2) is 7.75. The van der Waals surface area contributed by atoms with E-state index in [-0.39, 0.29) is 0 Å². The van der Waals surface area contributed by atoms with Crippen molar-refractivity contribution < 1.29 is 8.78 Å². The summed E-state index contributed by atoms with van der Waals surface area (Å²) in [5.74, 6) is -1.75. The highest BCUT2D eigenvalue weighted by molar-refractivity contribution is 6.35. The quantitative estimate of drug-likeness (QED) is 0.512. The van der Waals surface area contributed by atoms with E-state index in [0.717, 1.165) is 24.2 Å². The molecule has 23 heavy (non-hydrogen) atoms. The largest absolute Gasteiger partial charge is 0.366 e. The Kier molecular flexibility index (Phi) is 5.97. The lowest BCUT2D eigenvalue weighted by molar-refractivity contribution is 0.507. The molecule has 0 unspecified atom stereocenters. The van der Waals surface area contributed by atoms with Gasteiger partial charge < -0.3 is 4.90 Å². The summed E-state index contributed by atoms with van der Waals surface area (Å²) in [5.41, 5.74) is 1.90. The van der Waals surface area contributed by atoms with Gasteiger partial charge in [0.05, 0.1) is 17.0 Å². The minimum Gasteiger partial charge on any atom is -0.366 e. The average Bonchev–Trinajstić information content (AvgIpc) is 2.52. The van der Waals surface area contributed by atoms with Gasteiger partial charge in [-0.2, -0.15) is 0 Å². The van der Waals surface area contributed by atoms with Gasteiger partial charge >= 0.3 is 0 Å². The summed E-state index contributed by atoms with van der Waals surface area (Å²) >= 11 is 12.5. The van der Waals surface area contributed by atoms with E-state index in [1.54, 1.807) is 18.5 Å². The van der Waals surface area contributed by atoms with Crippen LogP contribution in [0, 0.1) is 11.6 Å². The van der Waals surface area contributed by atoms with Crippen molar-refractivity contribution in [1.82, 2.24) is 4.90 Å². The molecule has 6 heteroatoms. The SMILES string of the molecule is CCN(C)C=Nc1cc(Cl)c(Cc2ccc(F)c(F)c2)cc1Cl. The van der Waals surface area contributed by atoms with Gasteiger partial charge in [0, 0.05) is 18.6 Å². The second-order valence-electron chi connectivity index (χ2n) is 5.14. The van der Waals surface area contributed by atoms with E-state index in [1.165, 1.54) is 6.07 Å². The first-order chi connectivity index (χ1) is 10.9. The van der Waals surface area contributed by atoms with Gasteiger partial charge in [-0.1, -0.05) is 29.3 Å². The van der Waals surface area contributed by atoms with Crippen LogP contribution < -0.4 is 0 Å². The maximum absolute atomic E-state index is 13.3. The lowest BCUT2D eigenvalue weighted by Crippen LogP contribution is -2.14. The first-order valence-electron chi connectivity index (χ1n) is 7.07. The molecule has 0 fully saturated rings. The number of nitrogens with zero attached hydrogens (tertiary/aromatic N) is 2. The van der Waals surface area contributed by atoms with Crippen LogP contribution in [0.5, 0.6) is 0 Å². The third-order valence-corrected chi connectivity index (χ3v) is 4.04. The Bertz CT molecular complexity index is 733. The first kappa shape index (κ1) is 17.7. The predicted molar refractivity (Wildman–Crippen MR) is 92.1 cm³/mol. The van der Waals surface area contributed by atoms with Crippen LogP contribution in [0.25, 0.3) is 0 Å². The lowest BCUT2D eigenvalue weighted by atomic mass is 10.0. The number of rotatable bonds is 5. The molecule has 122 valence electrons. The Morgan fingerprint density at radius 2 is 1.83 bits per heavy atom. The van der Waals surface area contributed by atoms with E-state index in [0.29, 0.717) is 27.7 Å². The Morgan fingerprint density at radius 3 is 2.48 bits per heavy atom. The summed E-state index contributed by atoms with van der Waals surface area (Å²) in [6.07, 6.45) is 2.03. The van der Waals surface area contributed by atoms with E-state index >= 15 is 0 Å². The number of benzene rings is 2. The van der Waals surface area contributed by atoms with Crippen LogP contribution in [0.2, 0.25) is 10.0 Å². The Morgan fingerprint density at radius 1 is 1.09 bits per heavy atom. The molecule has 0 N–H and O–H groups in total. The molecule has 0 radical (unpaired) electrons. The fraction of sp³-hybridized carbons (Fsp3) is 0.235. The highest BCUT2D eigenvalue weighted by Crippen LogP contribution is 2.32. The maximum Gasteiger partial charge on any atom is 0.159 e. The molecular weight excluding hydrogens is 341 g/mol. The van der Waals surface area contributed by atoms with Crippen molar-refractivity contribution in [1.29, 1.82) is 0 Å². The lowest BCUT2D eigenvalue weighted by Gasteiger charge is -2.10. The molecule has 0 saturated carbocycles. The first-order valence-corrected chi connectivity index (χ1v) is 7.82. The summed E-state index contributed by atoms with van der Waals surface area (Å²) in [6, 6.07) is 7.13. The van der Waals surface area contributed by atoms with Gasteiger partial charge in [0.1, 0.15) is 0 Å². The minimum atomic E-state index is -0.881. The normalized spacial score (nSPS) is 11.2. The molecule has 2 rings (SSSR count). The molecule has 2 aromatic rings. The van der Waals surface area contributed by atoms with Gasteiger partial charge in [0.2, 0.25) is 0 Å². The van der Waals surface area contributed by atoms with Crippen molar-refractivity contribution in [2.75, 3.05) is 13.6 Å². The van der Waals surface area contributed by atoms with Gasteiger partial charge in [0.25, 0.3) is 0 Å². The summed E-state index contributed by atoms with van der Waals surface area (Å²) in [7, 11) is 1.90. The molecule has 2 nitrogen and oxygen atoms in total. The van der Waals surface area contributed by atoms with E-state index in [4.69, 9.17) is 23.2 Å². The highest BCUT2D eigenvalue weighted by atomic mass is 35.5. The van der Waals surface area contributed by atoms with Crippen molar-refractivity contribution in [2.45, 2.75) is 13.3 Å². The smallest absolute Gasteiger partial charge is 0.159 e. The van der Waals surface area contributed by atoms with Gasteiger partial charge in [0.15, 0.2) is 11.6 Å². The molecule has 0 aliphatic heterocycles. The Balaban J connectivity index is 2.25. The highest BCUT2D eigenvalue weighted by Gasteiger charge is 2.09. The summed E-state index contributed by atoms with van der Waals surface area (Å²) in [4.78, 5) is 6.19. The zero-order chi connectivity index (χ0) is 17.0. The molecule has 0 bridgehead atoms. The predicted octanol–water partition coefficient (Wildman–Crippen LogP) is 5.47. The van der Waals surface area contributed by atoms with E-state index in [1.807, 2.05) is 18.9 Å². The van der Waals surface area contributed by atoms with Crippen LogP contribution in [-0.4, -0.2) is 24.8 Å². The summed E-state index contributed by atoms with van der Waals surface area (Å²) in [6.45, 7) is 2.83. The third kappa shape index (κ3) is 4.66. The number of hydrogen-bond acceptors (Lipinski definition) is 1. The third-order valence-electron chi connectivity index (χ3n) is 3.39. The van der Waals surface area contributed by atoms with Crippen LogP contribution in [-0.2, 0) is 6.42 Å². The molecule has 0 aliphatic rings. The standard InChI is InChI=1S/C17H16Cl2F2N2/c1-3-23(2)10-22-17-9-13(18)12(8-14(17)19)6-11-4-5-15(20)16(21)7-11/h4-5,7-10H,3,6H2,1-2H3. The Hall–Kier alpha value is -1.65. The van der Waals surface area contributed by atoms with Crippen molar-refractivity contribution in [2.24, 2.45) is 4.99 Å². The van der Waals surface area contributed by atoms with Gasteiger partial charge in [-0.3, -0.25) is 0 Å². The minimum absolute atomic E-state index is 0.356. The molecule has 0 aliphatic carbocycles. The molecule has 2 aromatic carbocycles. The van der Waals surface area contributed by atoms with Crippen LogP contribution in [0.1, 0.15) is 18.1 Å². The molecular formula is C17H16Cl2F2N2. The van der Waals surface area contributed by atoms with Crippen LogP contribution in [0.3, 0.4) is 0 Å². The fourth-order valence-electron chi connectivity index (χ4n) is 1.92. The van der Waals surface area contributed by atoms with Crippen molar-refractivity contribution in [3.8, 4) is 0 Å². The van der Waals surface area contributed by atoms with Crippen molar-refractivity contribution in [3.05, 3.63) is 63.1 Å². The summed E-state index contributed by atoms with van der Waals surface area (Å²) in [5, 5.41) is 0.929. The molecule has 0 atom stereocenters. The Labute approximate surface area is 144 Å². The molecule has 0 saturated heterocycles. The van der Waals surface area contributed by atoms with Crippen LogP contribution >= 0.6 is 23.2 Å². The van der Waals surface area contributed by atoms with E-state index in [2.05, 4.69) is 4.99 Å². The molecule has 0 aromatic heterocycles. The zero-order valence-corrected chi connectivity index (χ0v) is 14.3. The maximum atomic E-state index is 13.3. The summed E-state index contributed by atoms with van der Waals surface area (Å²) < 4.78 is 26.2. The van der Waals surface area contributed by atoms with Gasteiger partial charge in [-0.05, 0) is 48.7 Å².